The smallest absolute Gasteiger partial charge is 0.0433 e. The molecule has 0 atom stereocenters. The van der Waals surface area contributed by atoms with Crippen LogP contribution in [-0.4, -0.2) is 11.7 Å². The Morgan fingerprint density at radius 1 is 1.36 bits per heavy atom. The molecule has 67 valence electrons. The lowest BCUT2D eigenvalue weighted by Crippen LogP contribution is -2.12. The van der Waals surface area contributed by atoms with Gasteiger partial charge in [-0.15, -0.1) is 0 Å². The van der Waals surface area contributed by atoms with E-state index in [1.807, 2.05) is 0 Å². The molecule has 0 saturated heterocycles. The highest BCUT2D eigenvalue weighted by molar-refractivity contribution is 4.84. The molecule has 1 radical (unpaired) electrons. The van der Waals surface area contributed by atoms with Gasteiger partial charge in [-0.05, 0) is 24.7 Å². The normalized spacial score (nSPS) is 12.0. The van der Waals surface area contributed by atoms with E-state index in [2.05, 4.69) is 27.2 Å². The van der Waals surface area contributed by atoms with E-state index in [0.717, 1.165) is 6.42 Å². The molecular formula is C10H21O. The fourth-order valence-electron chi connectivity index (χ4n) is 1.19. The Kier molecular flexibility index (Phi) is 5.57. The van der Waals surface area contributed by atoms with Gasteiger partial charge in [-0.25, -0.2) is 0 Å². The number of aliphatic hydroxyl groups is 1. The third-order valence-electron chi connectivity index (χ3n) is 2.00. The van der Waals surface area contributed by atoms with E-state index >= 15 is 0 Å². The zero-order chi connectivity index (χ0) is 8.74. The second kappa shape index (κ2) is 5.59. The van der Waals surface area contributed by atoms with Crippen molar-refractivity contribution in [1.82, 2.24) is 0 Å². The average Bonchev–Trinajstić information content (AvgIpc) is 1.97. The van der Waals surface area contributed by atoms with E-state index in [-0.39, 0.29) is 6.61 Å². The number of unbranched alkanes of at least 4 members (excludes halogenated alkanes) is 1. The van der Waals surface area contributed by atoms with Gasteiger partial charge in [-0.2, -0.15) is 0 Å². The van der Waals surface area contributed by atoms with Crippen LogP contribution in [0.3, 0.4) is 0 Å². The molecule has 0 aromatic carbocycles. The van der Waals surface area contributed by atoms with Gasteiger partial charge in [-0.3, -0.25) is 0 Å². The first kappa shape index (κ1) is 11.0. The SMILES string of the molecule is CCCCC(C)(C)[CH]CCO. The molecule has 0 aromatic rings. The maximum absolute atomic E-state index is 8.62. The van der Waals surface area contributed by atoms with Crippen LogP contribution in [0.2, 0.25) is 0 Å². The number of hydrogen-bond donors (Lipinski definition) is 1. The molecule has 11 heavy (non-hydrogen) atoms. The molecule has 0 aliphatic rings. The van der Waals surface area contributed by atoms with Gasteiger partial charge < -0.3 is 5.11 Å². The van der Waals surface area contributed by atoms with Crippen LogP contribution in [0.15, 0.2) is 0 Å². The van der Waals surface area contributed by atoms with Crippen molar-refractivity contribution in [2.75, 3.05) is 6.61 Å². The fourth-order valence-corrected chi connectivity index (χ4v) is 1.19. The van der Waals surface area contributed by atoms with E-state index in [1.165, 1.54) is 19.3 Å². The molecule has 0 saturated carbocycles. The van der Waals surface area contributed by atoms with Crippen molar-refractivity contribution in [3.8, 4) is 0 Å². The second-order valence-corrected chi connectivity index (χ2v) is 3.81. The lowest BCUT2D eigenvalue weighted by atomic mass is 9.83. The Balaban J connectivity index is 3.43. The highest BCUT2D eigenvalue weighted by atomic mass is 16.2. The van der Waals surface area contributed by atoms with Crippen molar-refractivity contribution in [3.63, 3.8) is 0 Å². The molecule has 1 N–H and O–H groups in total. The van der Waals surface area contributed by atoms with Gasteiger partial charge in [0.25, 0.3) is 0 Å². The van der Waals surface area contributed by atoms with Gasteiger partial charge in [0.05, 0.1) is 0 Å². The van der Waals surface area contributed by atoms with Crippen molar-refractivity contribution in [2.45, 2.75) is 46.5 Å². The van der Waals surface area contributed by atoms with Crippen molar-refractivity contribution in [3.05, 3.63) is 6.42 Å². The molecule has 1 nitrogen and oxygen atoms in total. The van der Waals surface area contributed by atoms with Crippen molar-refractivity contribution < 1.29 is 5.11 Å². The van der Waals surface area contributed by atoms with E-state index in [1.54, 1.807) is 0 Å². The highest BCUT2D eigenvalue weighted by Gasteiger charge is 2.15. The zero-order valence-electron chi connectivity index (χ0n) is 8.06. The predicted molar refractivity (Wildman–Crippen MR) is 49.3 cm³/mol. The van der Waals surface area contributed by atoms with Crippen LogP contribution in [0.1, 0.15) is 46.5 Å². The van der Waals surface area contributed by atoms with Gasteiger partial charge in [0.1, 0.15) is 0 Å². The Hall–Kier alpha value is -0.0400. The van der Waals surface area contributed by atoms with Crippen molar-refractivity contribution >= 4 is 0 Å². The summed E-state index contributed by atoms with van der Waals surface area (Å²) in [4.78, 5) is 0. The standard InChI is InChI=1S/C10H21O/c1-4-5-7-10(2,3)8-6-9-11/h8,11H,4-7,9H2,1-3H3. The largest absolute Gasteiger partial charge is 0.396 e. The summed E-state index contributed by atoms with van der Waals surface area (Å²) in [6, 6.07) is 0. The maximum atomic E-state index is 8.62. The molecule has 0 rings (SSSR count). The van der Waals surface area contributed by atoms with Crippen LogP contribution in [0.5, 0.6) is 0 Å². The lowest BCUT2D eigenvalue weighted by Gasteiger charge is -2.23. The third kappa shape index (κ3) is 6.36. The second-order valence-electron chi connectivity index (χ2n) is 3.81. The van der Waals surface area contributed by atoms with Crippen LogP contribution in [0, 0.1) is 11.8 Å². The molecule has 0 aliphatic carbocycles. The summed E-state index contributed by atoms with van der Waals surface area (Å²) in [6.45, 7) is 6.97. The first-order valence-corrected chi connectivity index (χ1v) is 4.57. The van der Waals surface area contributed by atoms with Crippen molar-refractivity contribution in [1.29, 1.82) is 0 Å². The molecule has 0 fully saturated rings. The van der Waals surface area contributed by atoms with E-state index in [9.17, 15) is 0 Å². The molecule has 0 heterocycles. The van der Waals surface area contributed by atoms with Crippen LogP contribution >= 0.6 is 0 Å². The van der Waals surface area contributed by atoms with Crippen LogP contribution < -0.4 is 0 Å². The van der Waals surface area contributed by atoms with Gasteiger partial charge in [0.2, 0.25) is 0 Å². The molecule has 0 aromatic heterocycles. The number of rotatable bonds is 6. The topological polar surface area (TPSA) is 20.2 Å². The maximum Gasteiger partial charge on any atom is 0.0433 e. The van der Waals surface area contributed by atoms with E-state index in [0.29, 0.717) is 5.41 Å². The first-order chi connectivity index (χ1) is 5.12. The molecule has 0 unspecified atom stereocenters. The predicted octanol–water partition coefficient (Wildman–Crippen LogP) is 2.79. The summed E-state index contributed by atoms with van der Waals surface area (Å²) in [6.07, 6.45) is 6.84. The summed E-state index contributed by atoms with van der Waals surface area (Å²) in [5.74, 6) is 0. The van der Waals surface area contributed by atoms with Gasteiger partial charge in [-0.1, -0.05) is 33.6 Å². The van der Waals surface area contributed by atoms with E-state index in [4.69, 9.17) is 5.11 Å². The minimum absolute atomic E-state index is 0.287. The molecule has 0 bridgehead atoms. The van der Waals surface area contributed by atoms with Crippen LogP contribution in [-0.2, 0) is 0 Å². The van der Waals surface area contributed by atoms with Crippen molar-refractivity contribution in [2.24, 2.45) is 5.41 Å². The summed E-state index contributed by atoms with van der Waals surface area (Å²) >= 11 is 0. The molecule has 0 spiro atoms. The van der Waals surface area contributed by atoms with Gasteiger partial charge >= 0.3 is 0 Å². The highest BCUT2D eigenvalue weighted by Crippen LogP contribution is 2.27. The van der Waals surface area contributed by atoms with Crippen LogP contribution in [0.25, 0.3) is 0 Å². The summed E-state index contributed by atoms with van der Waals surface area (Å²) < 4.78 is 0. The monoisotopic (exact) mass is 157 g/mol. The summed E-state index contributed by atoms with van der Waals surface area (Å²) in [5.41, 5.74) is 0.318. The molecule has 0 amide bonds. The minimum atomic E-state index is 0.287. The zero-order valence-corrected chi connectivity index (χ0v) is 8.06. The molecular weight excluding hydrogens is 136 g/mol. The number of aliphatic hydroxyl groups excluding tert-OH is 1. The minimum Gasteiger partial charge on any atom is -0.396 e. The van der Waals surface area contributed by atoms with Gasteiger partial charge in [0, 0.05) is 6.61 Å². The summed E-state index contributed by atoms with van der Waals surface area (Å²) in [5, 5.41) is 8.62. The first-order valence-electron chi connectivity index (χ1n) is 4.57. The average molecular weight is 157 g/mol. The molecule has 0 aliphatic heterocycles. The Morgan fingerprint density at radius 2 is 2.00 bits per heavy atom. The Morgan fingerprint density at radius 3 is 2.45 bits per heavy atom. The Labute approximate surface area is 70.8 Å². The quantitative estimate of drug-likeness (QED) is 0.628. The molecule has 1 heteroatoms. The third-order valence-corrected chi connectivity index (χ3v) is 2.00. The summed E-state index contributed by atoms with van der Waals surface area (Å²) in [7, 11) is 0. The fraction of sp³-hybridized carbons (Fsp3) is 0.900. The van der Waals surface area contributed by atoms with Gasteiger partial charge in [0.15, 0.2) is 0 Å². The number of hydrogen-bond acceptors (Lipinski definition) is 1. The van der Waals surface area contributed by atoms with E-state index < -0.39 is 0 Å². The Bertz CT molecular complexity index is 76.9. The van der Waals surface area contributed by atoms with Crippen LogP contribution in [0.4, 0.5) is 0 Å². The lowest BCUT2D eigenvalue weighted by molar-refractivity contribution is 0.275.